The molecule has 1 amide bonds. The molecule has 1 aromatic carbocycles. The van der Waals surface area contributed by atoms with Crippen LogP contribution >= 0.6 is 11.3 Å². The van der Waals surface area contributed by atoms with E-state index in [1.807, 2.05) is 43.5 Å². The number of aryl methyl sites for hydroxylation is 1. The second-order valence-electron chi connectivity index (χ2n) is 3.82. The summed E-state index contributed by atoms with van der Waals surface area (Å²) in [5, 5.41) is 5.86. The first-order valence-corrected chi connectivity index (χ1v) is 6.53. The van der Waals surface area contributed by atoms with Gasteiger partial charge in [-0.3, -0.25) is 4.79 Å². The lowest BCUT2D eigenvalue weighted by atomic mass is 10.1. The number of nitrogens with one attached hydrogen (secondary N) is 1. The van der Waals surface area contributed by atoms with Gasteiger partial charge in [0, 0.05) is 16.6 Å². The Kier molecular flexibility index (Phi) is 3.89. The van der Waals surface area contributed by atoms with Crippen molar-refractivity contribution in [2.24, 2.45) is 0 Å². The average Bonchev–Trinajstić information content (AvgIpc) is 2.76. The van der Waals surface area contributed by atoms with Crippen LogP contribution in [0.15, 0.2) is 41.8 Å². The summed E-state index contributed by atoms with van der Waals surface area (Å²) in [5.74, 6) is -0.121. The molecule has 0 bridgehead atoms. The van der Waals surface area contributed by atoms with Crippen molar-refractivity contribution in [1.82, 2.24) is 4.98 Å². The van der Waals surface area contributed by atoms with Gasteiger partial charge in [-0.15, -0.1) is 11.3 Å². The van der Waals surface area contributed by atoms with Gasteiger partial charge in [0.2, 0.25) is 5.91 Å². The van der Waals surface area contributed by atoms with Crippen LogP contribution < -0.4 is 5.32 Å². The first-order valence-electron chi connectivity index (χ1n) is 5.65. The number of anilines is 1. The summed E-state index contributed by atoms with van der Waals surface area (Å²) >= 11 is 1.62. The minimum Gasteiger partial charge on any atom is -0.323 e. The highest BCUT2D eigenvalue weighted by Gasteiger charge is 2.04. The first-order chi connectivity index (χ1) is 8.69. The average molecular weight is 258 g/mol. The SMILES string of the molecule is C/C=C/C(=O)Nc1cccc(-c2csc(C)n2)c1. The van der Waals surface area contributed by atoms with Gasteiger partial charge in [0.25, 0.3) is 0 Å². The van der Waals surface area contributed by atoms with Gasteiger partial charge < -0.3 is 5.32 Å². The lowest BCUT2D eigenvalue weighted by Crippen LogP contribution is -2.07. The van der Waals surface area contributed by atoms with Gasteiger partial charge in [-0.05, 0) is 32.1 Å². The molecular weight excluding hydrogens is 244 g/mol. The van der Waals surface area contributed by atoms with E-state index in [0.29, 0.717) is 0 Å². The number of rotatable bonds is 3. The molecular formula is C14H14N2OS. The second kappa shape index (κ2) is 5.60. The van der Waals surface area contributed by atoms with E-state index in [-0.39, 0.29) is 5.91 Å². The number of hydrogen-bond acceptors (Lipinski definition) is 3. The third-order valence-corrected chi connectivity index (χ3v) is 3.14. The van der Waals surface area contributed by atoms with E-state index in [4.69, 9.17) is 0 Å². The van der Waals surface area contributed by atoms with Crippen molar-refractivity contribution in [3.05, 3.63) is 46.8 Å². The fraction of sp³-hybridized carbons (Fsp3) is 0.143. The third-order valence-electron chi connectivity index (χ3n) is 2.36. The summed E-state index contributed by atoms with van der Waals surface area (Å²) in [5.41, 5.74) is 2.73. The van der Waals surface area contributed by atoms with Gasteiger partial charge in [0.15, 0.2) is 0 Å². The van der Waals surface area contributed by atoms with Crippen LogP contribution in [0.4, 0.5) is 5.69 Å². The quantitative estimate of drug-likeness (QED) is 0.854. The lowest BCUT2D eigenvalue weighted by Gasteiger charge is -2.04. The fourth-order valence-corrected chi connectivity index (χ4v) is 2.21. The van der Waals surface area contributed by atoms with Crippen LogP contribution in [0.5, 0.6) is 0 Å². The van der Waals surface area contributed by atoms with Gasteiger partial charge in [-0.25, -0.2) is 4.98 Å². The van der Waals surface area contributed by atoms with Crippen LogP contribution in [-0.2, 0) is 4.79 Å². The molecule has 0 saturated heterocycles. The van der Waals surface area contributed by atoms with Crippen molar-refractivity contribution in [1.29, 1.82) is 0 Å². The maximum atomic E-state index is 11.5. The summed E-state index contributed by atoms with van der Waals surface area (Å²) in [7, 11) is 0. The van der Waals surface area contributed by atoms with Crippen LogP contribution in [0.2, 0.25) is 0 Å². The molecule has 4 heteroatoms. The second-order valence-corrected chi connectivity index (χ2v) is 4.88. The zero-order chi connectivity index (χ0) is 13.0. The molecule has 1 N–H and O–H groups in total. The van der Waals surface area contributed by atoms with E-state index in [2.05, 4.69) is 10.3 Å². The van der Waals surface area contributed by atoms with Crippen LogP contribution in [0, 0.1) is 6.92 Å². The molecule has 1 heterocycles. The zero-order valence-corrected chi connectivity index (χ0v) is 11.1. The Bertz CT molecular complexity index is 587. The normalized spacial score (nSPS) is 10.8. The lowest BCUT2D eigenvalue weighted by molar-refractivity contribution is -0.111. The Morgan fingerprint density at radius 3 is 2.94 bits per heavy atom. The minimum absolute atomic E-state index is 0.121. The molecule has 3 nitrogen and oxygen atoms in total. The van der Waals surface area contributed by atoms with Crippen molar-refractivity contribution in [3.63, 3.8) is 0 Å². The third kappa shape index (κ3) is 3.05. The Labute approximate surface area is 110 Å². The molecule has 2 rings (SSSR count). The topological polar surface area (TPSA) is 42.0 Å². The van der Waals surface area contributed by atoms with E-state index < -0.39 is 0 Å². The van der Waals surface area contributed by atoms with Crippen LogP contribution in [0.3, 0.4) is 0 Å². The minimum atomic E-state index is -0.121. The van der Waals surface area contributed by atoms with E-state index in [1.54, 1.807) is 17.4 Å². The summed E-state index contributed by atoms with van der Waals surface area (Å²) in [6, 6.07) is 7.69. The smallest absolute Gasteiger partial charge is 0.248 e. The maximum absolute atomic E-state index is 11.5. The van der Waals surface area contributed by atoms with Crippen molar-refractivity contribution >= 4 is 22.9 Å². The summed E-state index contributed by atoms with van der Waals surface area (Å²) < 4.78 is 0. The number of nitrogens with zero attached hydrogens (tertiary/aromatic N) is 1. The summed E-state index contributed by atoms with van der Waals surface area (Å²) in [4.78, 5) is 15.9. The number of hydrogen-bond donors (Lipinski definition) is 1. The van der Waals surface area contributed by atoms with Gasteiger partial charge in [0.1, 0.15) is 0 Å². The molecule has 0 aliphatic carbocycles. The molecule has 0 unspecified atom stereocenters. The molecule has 0 aliphatic heterocycles. The Hall–Kier alpha value is -1.94. The van der Waals surface area contributed by atoms with Crippen LogP contribution in [0.1, 0.15) is 11.9 Å². The molecule has 1 aromatic heterocycles. The molecule has 0 saturated carbocycles. The van der Waals surface area contributed by atoms with Crippen LogP contribution in [0.25, 0.3) is 11.3 Å². The Morgan fingerprint density at radius 2 is 2.28 bits per heavy atom. The van der Waals surface area contributed by atoms with Gasteiger partial charge >= 0.3 is 0 Å². The zero-order valence-electron chi connectivity index (χ0n) is 10.3. The number of carbonyl (C=O) groups is 1. The molecule has 0 radical (unpaired) electrons. The summed E-state index contributed by atoms with van der Waals surface area (Å²) in [6.07, 6.45) is 3.21. The number of carbonyl (C=O) groups excluding carboxylic acids is 1. The largest absolute Gasteiger partial charge is 0.323 e. The Balaban J connectivity index is 2.22. The van der Waals surface area contributed by atoms with Gasteiger partial charge in [-0.2, -0.15) is 0 Å². The molecule has 2 aromatic rings. The molecule has 92 valence electrons. The van der Waals surface area contributed by atoms with E-state index >= 15 is 0 Å². The van der Waals surface area contributed by atoms with E-state index in [1.165, 1.54) is 6.08 Å². The maximum Gasteiger partial charge on any atom is 0.248 e. The number of allylic oxidation sites excluding steroid dienone is 1. The van der Waals surface area contributed by atoms with Crippen molar-refractivity contribution < 1.29 is 4.79 Å². The van der Waals surface area contributed by atoms with Crippen LogP contribution in [-0.4, -0.2) is 10.9 Å². The number of amides is 1. The van der Waals surface area contributed by atoms with Crippen molar-refractivity contribution in [2.45, 2.75) is 13.8 Å². The Morgan fingerprint density at radius 1 is 1.44 bits per heavy atom. The van der Waals surface area contributed by atoms with Gasteiger partial charge in [0.05, 0.1) is 10.7 Å². The monoisotopic (exact) mass is 258 g/mol. The fourth-order valence-electron chi connectivity index (χ4n) is 1.59. The molecule has 0 fully saturated rings. The highest BCUT2D eigenvalue weighted by molar-refractivity contribution is 7.09. The molecule has 0 spiro atoms. The predicted octanol–water partition coefficient (Wildman–Crippen LogP) is 3.63. The number of benzene rings is 1. The molecule has 0 aliphatic rings. The highest BCUT2D eigenvalue weighted by Crippen LogP contribution is 2.24. The number of thiazole rings is 1. The predicted molar refractivity (Wildman–Crippen MR) is 75.7 cm³/mol. The molecule has 0 atom stereocenters. The standard InChI is InChI=1S/C14H14N2OS/c1-3-5-14(17)16-12-7-4-6-11(8-12)13-9-18-10(2)15-13/h3-9H,1-2H3,(H,16,17)/b5-3+. The summed E-state index contributed by atoms with van der Waals surface area (Å²) in [6.45, 7) is 3.79. The number of aromatic nitrogens is 1. The van der Waals surface area contributed by atoms with Gasteiger partial charge in [-0.1, -0.05) is 18.2 Å². The highest BCUT2D eigenvalue weighted by atomic mass is 32.1. The first kappa shape index (κ1) is 12.5. The van der Waals surface area contributed by atoms with Crippen molar-refractivity contribution in [3.8, 4) is 11.3 Å². The van der Waals surface area contributed by atoms with E-state index in [9.17, 15) is 4.79 Å². The van der Waals surface area contributed by atoms with E-state index in [0.717, 1.165) is 22.0 Å². The molecule has 18 heavy (non-hydrogen) atoms. The van der Waals surface area contributed by atoms with Crippen molar-refractivity contribution in [2.75, 3.05) is 5.32 Å².